The fourth-order valence-corrected chi connectivity index (χ4v) is 3.13. The molecule has 22 heavy (non-hydrogen) atoms. The van der Waals surface area contributed by atoms with Gasteiger partial charge in [-0.1, -0.05) is 13.8 Å². The lowest BCUT2D eigenvalue weighted by Gasteiger charge is -2.14. The Hall–Kier alpha value is -1.60. The monoisotopic (exact) mass is 328 g/mol. The molecule has 2 N–H and O–H groups in total. The van der Waals surface area contributed by atoms with Gasteiger partial charge in [0.05, 0.1) is 17.6 Å². The minimum absolute atomic E-state index is 0.0512. The van der Waals surface area contributed by atoms with Gasteiger partial charge < -0.3 is 10.1 Å². The van der Waals surface area contributed by atoms with Crippen molar-refractivity contribution in [1.82, 2.24) is 10.0 Å². The van der Waals surface area contributed by atoms with Crippen LogP contribution in [0.5, 0.6) is 5.75 Å². The van der Waals surface area contributed by atoms with Crippen LogP contribution in [0.2, 0.25) is 0 Å². The van der Waals surface area contributed by atoms with Crippen molar-refractivity contribution in [2.45, 2.75) is 44.6 Å². The number of hydrogen-bond donors (Lipinski definition) is 2. The molecule has 0 aromatic heterocycles. The van der Waals surface area contributed by atoms with Crippen LogP contribution in [-0.2, 0) is 10.0 Å². The van der Waals surface area contributed by atoms with Crippen LogP contribution in [0.1, 0.15) is 44.0 Å². The molecule has 0 saturated carbocycles. The van der Waals surface area contributed by atoms with E-state index in [4.69, 9.17) is 4.74 Å². The normalized spacial score (nSPS) is 12.7. The second kappa shape index (κ2) is 8.14. The van der Waals surface area contributed by atoms with E-state index in [1.54, 1.807) is 6.92 Å². The number of carbonyl (C=O) groups is 1. The van der Waals surface area contributed by atoms with Crippen LogP contribution in [0.25, 0.3) is 0 Å². The number of sulfonamides is 1. The van der Waals surface area contributed by atoms with Crippen molar-refractivity contribution in [3.63, 3.8) is 0 Å². The molecule has 0 aliphatic carbocycles. The first-order valence-corrected chi connectivity index (χ1v) is 8.82. The number of nitrogens with one attached hydrogen (secondary N) is 2. The van der Waals surface area contributed by atoms with E-state index in [9.17, 15) is 13.2 Å². The van der Waals surface area contributed by atoms with E-state index in [0.717, 1.165) is 6.42 Å². The molecule has 1 rings (SSSR count). The third-order valence-electron chi connectivity index (χ3n) is 3.23. The molecule has 1 aromatic rings. The summed E-state index contributed by atoms with van der Waals surface area (Å²) >= 11 is 0. The summed E-state index contributed by atoms with van der Waals surface area (Å²) in [6.45, 7) is 6.14. The van der Waals surface area contributed by atoms with Gasteiger partial charge in [-0.3, -0.25) is 4.79 Å². The second-order valence-corrected chi connectivity index (χ2v) is 6.76. The molecule has 7 heteroatoms. The van der Waals surface area contributed by atoms with E-state index >= 15 is 0 Å². The Morgan fingerprint density at radius 3 is 2.55 bits per heavy atom. The van der Waals surface area contributed by atoms with Crippen molar-refractivity contribution in [1.29, 1.82) is 0 Å². The minimum Gasteiger partial charge on any atom is -0.496 e. The van der Waals surface area contributed by atoms with Gasteiger partial charge in [0.2, 0.25) is 10.0 Å². The largest absolute Gasteiger partial charge is 0.496 e. The summed E-state index contributed by atoms with van der Waals surface area (Å²) in [6.07, 6.45) is 1.47. The second-order valence-electron chi connectivity index (χ2n) is 5.05. The molecule has 1 atom stereocenters. The summed E-state index contributed by atoms with van der Waals surface area (Å²) in [5, 5.41) is 2.72. The Morgan fingerprint density at radius 1 is 1.32 bits per heavy atom. The molecule has 0 aliphatic rings. The number of rotatable bonds is 8. The predicted molar refractivity (Wildman–Crippen MR) is 85.7 cm³/mol. The van der Waals surface area contributed by atoms with Gasteiger partial charge in [0, 0.05) is 12.6 Å². The van der Waals surface area contributed by atoms with Crippen LogP contribution in [0.4, 0.5) is 0 Å². The van der Waals surface area contributed by atoms with Gasteiger partial charge in [-0.05, 0) is 38.0 Å². The first kappa shape index (κ1) is 18.4. The highest BCUT2D eigenvalue weighted by Gasteiger charge is 2.20. The van der Waals surface area contributed by atoms with E-state index < -0.39 is 10.0 Å². The Kier molecular flexibility index (Phi) is 6.83. The summed E-state index contributed by atoms with van der Waals surface area (Å²) in [7, 11) is -2.22. The average molecular weight is 328 g/mol. The lowest BCUT2D eigenvalue weighted by Crippen LogP contribution is -2.32. The molecule has 6 nitrogen and oxygen atoms in total. The molecule has 0 saturated heterocycles. The van der Waals surface area contributed by atoms with Crippen LogP contribution in [0.15, 0.2) is 23.1 Å². The van der Waals surface area contributed by atoms with Gasteiger partial charge in [-0.25, -0.2) is 13.1 Å². The summed E-state index contributed by atoms with van der Waals surface area (Å²) in [5.41, 5.74) is 0.211. The molecule has 1 aromatic carbocycles. The number of benzene rings is 1. The van der Waals surface area contributed by atoms with E-state index in [2.05, 4.69) is 10.0 Å². The summed E-state index contributed by atoms with van der Waals surface area (Å²) in [6, 6.07) is 4.09. The number of hydrogen-bond acceptors (Lipinski definition) is 4. The van der Waals surface area contributed by atoms with Gasteiger partial charge in [0.25, 0.3) is 5.91 Å². The topological polar surface area (TPSA) is 84.5 Å². The Labute approximate surface area is 132 Å². The molecule has 1 amide bonds. The Morgan fingerprint density at radius 2 is 2.00 bits per heavy atom. The van der Waals surface area contributed by atoms with Gasteiger partial charge in [-0.15, -0.1) is 0 Å². The quantitative estimate of drug-likeness (QED) is 0.763. The van der Waals surface area contributed by atoms with Crippen LogP contribution in [-0.4, -0.2) is 34.0 Å². The fraction of sp³-hybridized carbons (Fsp3) is 0.533. The molecule has 124 valence electrons. The maximum absolute atomic E-state index is 12.3. The van der Waals surface area contributed by atoms with Gasteiger partial charge in [0.1, 0.15) is 5.75 Å². The third-order valence-corrected chi connectivity index (χ3v) is 4.82. The van der Waals surface area contributed by atoms with Crippen molar-refractivity contribution < 1.29 is 17.9 Å². The van der Waals surface area contributed by atoms with Gasteiger partial charge in [-0.2, -0.15) is 0 Å². The molecule has 0 radical (unpaired) electrons. The van der Waals surface area contributed by atoms with Crippen LogP contribution >= 0.6 is 0 Å². The average Bonchev–Trinajstić information content (AvgIpc) is 2.51. The van der Waals surface area contributed by atoms with E-state index in [1.807, 2.05) is 13.8 Å². The summed E-state index contributed by atoms with van der Waals surface area (Å²) in [5.74, 6) is -0.00427. The van der Waals surface area contributed by atoms with Crippen molar-refractivity contribution in [3.05, 3.63) is 23.8 Å². The highest BCUT2D eigenvalue weighted by molar-refractivity contribution is 7.89. The molecule has 0 unspecified atom stereocenters. The smallest absolute Gasteiger partial charge is 0.255 e. The molecule has 0 bridgehead atoms. The lowest BCUT2D eigenvalue weighted by atomic mass is 10.2. The molecule has 0 fully saturated rings. The minimum atomic E-state index is -3.66. The first-order chi connectivity index (χ1) is 10.4. The zero-order valence-corrected chi connectivity index (χ0v) is 14.3. The number of carbonyl (C=O) groups excluding carboxylic acids is 1. The van der Waals surface area contributed by atoms with E-state index in [0.29, 0.717) is 18.7 Å². The van der Waals surface area contributed by atoms with Crippen LogP contribution < -0.4 is 14.8 Å². The van der Waals surface area contributed by atoms with Crippen molar-refractivity contribution in [2.24, 2.45) is 0 Å². The molecular formula is C15H24N2O4S. The van der Waals surface area contributed by atoms with E-state index in [1.165, 1.54) is 25.3 Å². The third kappa shape index (κ3) is 4.71. The van der Waals surface area contributed by atoms with Crippen molar-refractivity contribution in [2.75, 3.05) is 13.7 Å². The van der Waals surface area contributed by atoms with Crippen molar-refractivity contribution in [3.8, 4) is 5.75 Å². The van der Waals surface area contributed by atoms with Gasteiger partial charge in [0.15, 0.2) is 0 Å². The van der Waals surface area contributed by atoms with Gasteiger partial charge >= 0.3 is 0 Å². The maximum Gasteiger partial charge on any atom is 0.255 e. The van der Waals surface area contributed by atoms with Crippen molar-refractivity contribution >= 4 is 15.9 Å². The van der Waals surface area contributed by atoms with Crippen LogP contribution in [0, 0.1) is 0 Å². The maximum atomic E-state index is 12.3. The Bertz CT molecular complexity index is 614. The molecule has 0 heterocycles. The zero-order chi connectivity index (χ0) is 16.8. The van der Waals surface area contributed by atoms with Crippen LogP contribution in [0.3, 0.4) is 0 Å². The first-order valence-electron chi connectivity index (χ1n) is 7.34. The Balaban J connectivity index is 3.16. The SMILES string of the molecule is CCCNC(=O)c1cc(S(=O)(=O)N[C@@H](C)CC)ccc1OC. The number of amides is 1. The molecule has 0 spiro atoms. The lowest BCUT2D eigenvalue weighted by molar-refractivity contribution is 0.0950. The summed E-state index contributed by atoms with van der Waals surface area (Å²) in [4.78, 5) is 12.2. The van der Waals surface area contributed by atoms with E-state index in [-0.39, 0.29) is 22.4 Å². The summed E-state index contributed by atoms with van der Waals surface area (Å²) < 4.78 is 32.3. The number of ether oxygens (including phenoxy) is 1. The standard InChI is InChI=1S/C15H24N2O4S/c1-5-9-16-15(18)13-10-12(7-8-14(13)21-4)22(19,20)17-11(3)6-2/h7-8,10-11,17H,5-6,9H2,1-4H3,(H,16,18)/t11-/m0/s1. The highest BCUT2D eigenvalue weighted by Crippen LogP contribution is 2.22. The zero-order valence-electron chi connectivity index (χ0n) is 13.5. The molecule has 0 aliphatic heterocycles. The highest BCUT2D eigenvalue weighted by atomic mass is 32.2. The molecular weight excluding hydrogens is 304 g/mol. The number of methoxy groups -OCH3 is 1. The fourth-order valence-electron chi connectivity index (χ4n) is 1.78. The predicted octanol–water partition coefficient (Wildman–Crippen LogP) is 1.91.